The minimum atomic E-state index is -0.128. The van der Waals surface area contributed by atoms with Crippen molar-refractivity contribution < 1.29 is 4.39 Å². The lowest BCUT2D eigenvalue weighted by Crippen LogP contribution is -1.98. The first kappa shape index (κ1) is 22.7. The van der Waals surface area contributed by atoms with Crippen LogP contribution in [0.4, 0.5) is 4.39 Å². The number of nitriles is 1. The summed E-state index contributed by atoms with van der Waals surface area (Å²) in [4.78, 5) is 4.61. The summed E-state index contributed by atoms with van der Waals surface area (Å²) in [6.07, 6.45) is 8.64. The van der Waals surface area contributed by atoms with Crippen molar-refractivity contribution in [2.45, 2.75) is 51.9 Å². The molecule has 0 bridgehead atoms. The van der Waals surface area contributed by atoms with Crippen LogP contribution in [0.15, 0.2) is 72.9 Å². The SMILES string of the molecule is CCCCc1ccc(CCc2ccc3c(F)c(CCc4ccc(C#N)cc4)ccc3c2)nc1. The van der Waals surface area contributed by atoms with Crippen molar-refractivity contribution in [1.29, 1.82) is 5.26 Å². The highest BCUT2D eigenvalue weighted by Crippen LogP contribution is 2.24. The zero-order chi connectivity index (χ0) is 23.0. The lowest BCUT2D eigenvalue weighted by molar-refractivity contribution is 0.620. The first-order valence-corrected chi connectivity index (χ1v) is 11.8. The van der Waals surface area contributed by atoms with E-state index >= 15 is 4.39 Å². The summed E-state index contributed by atoms with van der Waals surface area (Å²) in [6, 6.07) is 23.9. The molecule has 0 N–H and O–H groups in total. The largest absolute Gasteiger partial charge is 0.261 e. The number of aryl methyl sites for hydroxylation is 5. The molecule has 0 fully saturated rings. The number of hydrogen-bond acceptors (Lipinski definition) is 2. The van der Waals surface area contributed by atoms with Gasteiger partial charge in [-0.15, -0.1) is 0 Å². The lowest BCUT2D eigenvalue weighted by atomic mass is 9.97. The summed E-state index contributed by atoms with van der Waals surface area (Å²) in [6.45, 7) is 2.20. The second-order valence-electron chi connectivity index (χ2n) is 8.66. The lowest BCUT2D eigenvalue weighted by Gasteiger charge is -2.09. The molecule has 0 aliphatic carbocycles. The highest BCUT2D eigenvalue weighted by atomic mass is 19.1. The van der Waals surface area contributed by atoms with E-state index in [0.29, 0.717) is 17.4 Å². The van der Waals surface area contributed by atoms with E-state index < -0.39 is 0 Å². The number of fused-ring (bicyclic) bond motifs is 1. The zero-order valence-corrected chi connectivity index (χ0v) is 19.2. The van der Waals surface area contributed by atoms with E-state index in [1.807, 2.05) is 54.7 Å². The van der Waals surface area contributed by atoms with Gasteiger partial charge in [-0.25, -0.2) is 4.39 Å². The van der Waals surface area contributed by atoms with E-state index in [-0.39, 0.29) is 5.82 Å². The van der Waals surface area contributed by atoms with Gasteiger partial charge in [-0.05, 0) is 84.4 Å². The molecule has 3 heteroatoms. The molecule has 0 radical (unpaired) electrons. The minimum absolute atomic E-state index is 0.128. The molecule has 0 saturated carbocycles. The summed E-state index contributed by atoms with van der Waals surface area (Å²) in [5, 5.41) is 10.5. The second kappa shape index (κ2) is 10.9. The molecule has 1 heterocycles. The van der Waals surface area contributed by atoms with Crippen molar-refractivity contribution in [2.75, 3.05) is 0 Å². The van der Waals surface area contributed by atoms with Gasteiger partial charge in [-0.3, -0.25) is 4.98 Å². The molecule has 0 amide bonds. The van der Waals surface area contributed by atoms with Crippen LogP contribution in [-0.4, -0.2) is 4.98 Å². The first-order chi connectivity index (χ1) is 16.2. The summed E-state index contributed by atoms with van der Waals surface area (Å²) >= 11 is 0. The first-order valence-electron chi connectivity index (χ1n) is 11.8. The van der Waals surface area contributed by atoms with Crippen molar-refractivity contribution in [3.63, 3.8) is 0 Å². The molecular formula is C30H29FN2. The molecule has 0 spiro atoms. The zero-order valence-electron chi connectivity index (χ0n) is 19.2. The third-order valence-corrected chi connectivity index (χ3v) is 6.24. The minimum Gasteiger partial charge on any atom is -0.261 e. The van der Waals surface area contributed by atoms with Crippen LogP contribution in [0.2, 0.25) is 0 Å². The number of halogens is 1. The van der Waals surface area contributed by atoms with Crippen LogP contribution in [0.1, 0.15) is 53.3 Å². The Balaban J connectivity index is 1.40. The fraction of sp³-hybridized carbons (Fsp3) is 0.267. The predicted molar refractivity (Wildman–Crippen MR) is 133 cm³/mol. The molecule has 0 unspecified atom stereocenters. The Hall–Kier alpha value is -3.51. The normalized spacial score (nSPS) is 10.9. The Kier molecular flexibility index (Phi) is 7.47. The maximum Gasteiger partial charge on any atom is 0.134 e. The average molecular weight is 437 g/mol. The van der Waals surface area contributed by atoms with Crippen LogP contribution < -0.4 is 0 Å². The van der Waals surface area contributed by atoms with Gasteiger partial charge in [0.15, 0.2) is 0 Å². The molecule has 166 valence electrons. The highest BCUT2D eigenvalue weighted by molar-refractivity contribution is 5.84. The van der Waals surface area contributed by atoms with Gasteiger partial charge in [0.1, 0.15) is 5.82 Å². The maximum atomic E-state index is 15.1. The summed E-state index contributed by atoms with van der Waals surface area (Å²) in [7, 11) is 0. The van der Waals surface area contributed by atoms with Crippen LogP contribution in [0.3, 0.4) is 0 Å². The van der Waals surface area contributed by atoms with E-state index in [4.69, 9.17) is 5.26 Å². The van der Waals surface area contributed by atoms with Crippen molar-refractivity contribution in [2.24, 2.45) is 0 Å². The van der Waals surface area contributed by atoms with Crippen LogP contribution >= 0.6 is 0 Å². The highest BCUT2D eigenvalue weighted by Gasteiger charge is 2.09. The Morgan fingerprint density at radius 3 is 2.27 bits per heavy atom. The Bertz CT molecular complexity index is 1250. The molecule has 0 atom stereocenters. The van der Waals surface area contributed by atoms with Gasteiger partial charge in [0.25, 0.3) is 0 Å². The summed E-state index contributed by atoms with van der Waals surface area (Å²) in [5.41, 5.74) is 6.08. The van der Waals surface area contributed by atoms with Crippen LogP contribution in [-0.2, 0) is 32.1 Å². The molecule has 0 aliphatic heterocycles. The topological polar surface area (TPSA) is 36.7 Å². The van der Waals surface area contributed by atoms with Gasteiger partial charge in [0.05, 0.1) is 11.6 Å². The molecule has 4 rings (SSSR count). The molecule has 3 aromatic carbocycles. The number of pyridine rings is 1. The number of aromatic nitrogens is 1. The number of hydrogen-bond donors (Lipinski definition) is 0. The molecular weight excluding hydrogens is 407 g/mol. The Labute approximate surface area is 195 Å². The number of rotatable bonds is 9. The van der Waals surface area contributed by atoms with E-state index in [1.54, 1.807) is 0 Å². The number of nitrogens with zero attached hydrogens (tertiary/aromatic N) is 2. The van der Waals surface area contributed by atoms with Crippen molar-refractivity contribution in [1.82, 2.24) is 4.98 Å². The molecule has 33 heavy (non-hydrogen) atoms. The molecule has 4 aromatic rings. The van der Waals surface area contributed by atoms with Gasteiger partial charge < -0.3 is 0 Å². The molecule has 2 nitrogen and oxygen atoms in total. The maximum absolute atomic E-state index is 15.1. The number of benzene rings is 3. The van der Waals surface area contributed by atoms with Crippen molar-refractivity contribution >= 4 is 10.8 Å². The molecule has 1 aromatic heterocycles. The van der Waals surface area contributed by atoms with E-state index in [0.717, 1.165) is 47.9 Å². The fourth-order valence-electron chi connectivity index (χ4n) is 4.16. The quantitative estimate of drug-likeness (QED) is 0.279. The third kappa shape index (κ3) is 5.84. The van der Waals surface area contributed by atoms with Crippen molar-refractivity contribution in [3.05, 3.63) is 112 Å². The second-order valence-corrected chi connectivity index (χ2v) is 8.66. The van der Waals surface area contributed by atoms with Gasteiger partial charge in [0.2, 0.25) is 0 Å². The van der Waals surface area contributed by atoms with Crippen LogP contribution in [0, 0.1) is 17.1 Å². The van der Waals surface area contributed by atoms with Gasteiger partial charge >= 0.3 is 0 Å². The van der Waals surface area contributed by atoms with Crippen LogP contribution in [0.5, 0.6) is 0 Å². The van der Waals surface area contributed by atoms with Gasteiger partial charge in [0, 0.05) is 17.3 Å². The molecule has 0 saturated heterocycles. The Morgan fingerprint density at radius 2 is 1.55 bits per heavy atom. The molecule has 0 aliphatic rings. The predicted octanol–water partition coefficient (Wildman–Crippen LogP) is 7.16. The average Bonchev–Trinajstić information content (AvgIpc) is 2.86. The summed E-state index contributed by atoms with van der Waals surface area (Å²) in [5.74, 6) is -0.128. The third-order valence-electron chi connectivity index (χ3n) is 6.24. The van der Waals surface area contributed by atoms with Crippen molar-refractivity contribution in [3.8, 4) is 6.07 Å². The smallest absolute Gasteiger partial charge is 0.134 e. The summed E-state index contributed by atoms with van der Waals surface area (Å²) < 4.78 is 15.1. The Morgan fingerprint density at radius 1 is 0.788 bits per heavy atom. The van der Waals surface area contributed by atoms with Crippen LogP contribution in [0.25, 0.3) is 10.8 Å². The fourth-order valence-corrected chi connectivity index (χ4v) is 4.16. The van der Waals surface area contributed by atoms with E-state index in [9.17, 15) is 0 Å². The van der Waals surface area contributed by atoms with E-state index in [2.05, 4.69) is 36.2 Å². The monoisotopic (exact) mass is 436 g/mol. The standard InChI is InChI=1S/C30H29FN2/c1-2-3-4-25-11-17-28(33-21-25)16-10-23-12-18-29-27(19-23)15-14-26(30(29)31)13-9-22-5-7-24(20-32)8-6-22/h5-8,11-12,14-15,17-19,21H,2-4,9-10,13,16H2,1H3. The van der Waals surface area contributed by atoms with Gasteiger partial charge in [-0.2, -0.15) is 5.26 Å². The van der Waals surface area contributed by atoms with Gasteiger partial charge in [-0.1, -0.05) is 61.9 Å². The number of unbranched alkanes of at least 4 members (excludes halogenated alkanes) is 1. The van der Waals surface area contributed by atoms with E-state index in [1.165, 1.54) is 24.0 Å².